The van der Waals surface area contributed by atoms with Crippen LogP contribution in [0.3, 0.4) is 0 Å². The molecule has 1 aliphatic heterocycles. The summed E-state index contributed by atoms with van der Waals surface area (Å²) < 4.78 is 7.36. The fourth-order valence-corrected chi connectivity index (χ4v) is 5.01. The SMILES string of the molecule is O=C(c1ccc(Br)cc1)N1c2c(oc3ccccc23)-c2ccccc2C[C@H]1c1ccccc1. The van der Waals surface area contributed by atoms with Crippen molar-refractivity contribution in [2.45, 2.75) is 12.5 Å². The topological polar surface area (TPSA) is 33.5 Å². The van der Waals surface area contributed by atoms with Crippen molar-refractivity contribution in [2.75, 3.05) is 4.90 Å². The van der Waals surface area contributed by atoms with Gasteiger partial charge in [0, 0.05) is 21.0 Å². The second-order valence-electron chi connectivity index (χ2n) is 8.25. The van der Waals surface area contributed by atoms with Crippen molar-refractivity contribution >= 4 is 38.5 Å². The van der Waals surface area contributed by atoms with Crippen LogP contribution in [0.15, 0.2) is 112 Å². The molecule has 2 heterocycles. The highest BCUT2D eigenvalue weighted by atomic mass is 79.9. The number of furan rings is 1. The van der Waals surface area contributed by atoms with Gasteiger partial charge in [-0.15, -0.1) is 0 Å². The molecule has 0 unspecified atom stereocenters. The molecule has 1 aliphatic rings. The summed E-state index contributed by atoms with van der Waals surface area (Å²) in [4.78, 5) is 16.1. The zero-order chi connectivity index (χ0) is 22.4. The van der Waals surface area contributed by atoms with Gasteiger partial charge in [-0.25, -0.2) is 0 Å². The van der Waals surface area contributed by atoms with Gasteiger partial charge in [0.15, 0.2) is 5.76 Å². The number of benzene rings is 4. The third-order valence-corrected chi connectivity index (χ3v) is 6.82. The van der Waals surface area contributed by atoms with E-state index in [-0.39, 0.29) is 11.9 Å². The van der Waals surface area contributed by atoms with E-state index in [1.165, 1.54) is 0 Å². The normalized spacial score (nSPS) is 15.1. The summed E-state index contributed by atoms with van der Waals surface area (Å²) >= 11 is 3.48. The van der Waals surface area contributed by atoms with Crippen LogP contribution in [0.2, 0.25) is 0 Å². The Hall–Kier alpha value is -3.63. The van der Waals surface area contributed by atoms with Crippen LogP contribution in [0.5, 0.6) is 0 Å². The van der Waals surface area contributed by atoms with E-state index in [1.807, 2.05) is 77.7 Å². The molecule has 0 saturated carbocycles. The third kappa shape index (κ3) is 3.38. The summed E-state index contributed by atoms with van der Waals surface area (Å²) in [7, 11) is 0. The smallest absolute Gasteiger partial charge is 0.258 e. The summed E-state index contributed by atoms with van der Waals surface area (Å²) in [5.41, 5.74) is 5.54. The molecule has 3 nitrogen and oxygen atoms in total. The molecule has 0 fully saturated rings. The first-order valence-corrected chi connectivity index (χ1v) is 11.7. The van der Waals surface area contributed by atoms with E-state index in [1.54, 1.807) is 0 Å². The van der Waals surface area contributed by atoms with Gasteiger partial charge in [-0.2, -0.15) is 0 Å². The Morgan fingerprint density at radius 1 is 0.818 bits per heavy atom. The molecule has 0 N–H and O–H groups in total. The number of rotatable bonds is 2. The molecule has 33 heavy (non-hydrogen) atoms. The van der Waals surface area contributed by atoms with E-state index in [0.29, 0.717) is 12.0 Å². The zero-order valence-corrected chi connectivity index (χ0v) is 19.3. The minimum absolute atomic E-state index is 0.0445. The van der Waals surface area contributed by atoms with Gasteiger partial charge in [0.05, 0.1) is 11.7 Å². The Balaban J connectivity index is 1.66. The van der Waals surface area contributed by atoms with Crippen LogP contribution in [-0.4, -0.2) is 5.91 Å². The molecule has 4 aromatic carbocycles. The standard InChI is InChI=1S/C29H20BrNO2/c30-22-16-14-20(15-17-22)29(32)31-25(19-8-2-1-3-9-19)18-21-10-4-5-11-23(21)28-27(31)24-12-6-7-13-26(24)33-28/h1-17,25H,18H2/t25-/m0/s1. The van der Waals surface area contributed by atoms with Crippen molar-refractivity contribution in [2.24, 2.45) is 0 Å². The van der Waals surface area contributed by atoms with E-state index in [9.17, 15) is 4.79 Å². The number of amides is 1. The van der Waals surface area contributed by atoms with Gasteiger partial charge in [-0.05, 0) is 53.9 Å². The van der Waals surface area contributed by atoms with Crippen LogP contribution >= 0.6 is 15.9 Å². The van der Waals surface area contributed by atoms with Crippen LogP contribution in [0.25, 0.3) is 22.3 Å². The van der Waals surface area contributed by atoms with Gasteiger partial charge in [0.25, 0.3) is 5.91 Å². The first-order chi connectivity index (χ1) is 16.2. The molecule has 160 valence electrons. The minimum atomic E-state index is -0.175. The molecule has 6 rings (SSSR count). The van der Waals surface area contributed by atoms with Crippen molar-refractivity contribution in [1.29, 1.82) is 0 Å². The van der Waals surface area contributed by atoms with Crippen molar-refractivity contribution in [3.8, 4) is 11.3 Å². The summed E-state index contributed by atoms with van der Waals surface area (Å²) in [5, 5.41) is 0.940. The molecule has 4 heteroatoms. The molecule has 1 aromatic heterocycles. The second kappa shape index (κ2) is 8.05. The van der Waals surface area contributed by atoms with Crippen LogP contribution in [0, 0.1) is 0 Å². The molecular formula is C29H20BrNO2. The molecule has 1 amide bonds. The number of fused-ring (bicyclic) bond motifs is 5. The third-order valence-electron chi connectivity index (χ3n) is 6.29. The number of halogens is 1. The Morgan fingerprint density at radius 3 is 2.33 bits per heavy atom. The number of carbonyl (C=O) groups excluding carboxylic acids is 1. The molecule has 0 bridgehead atoms. The van der Waals surface area contributed by atoms with Crippen LogP contribution in [0.4, 0.5) is 5.69 Å². The Morgan fingerprint density at radius 2 is 1.52 bits per heavy atom. The van der Waals surface area contributed by atoms with Crippen molar-refractivity contribution in [3.63, 3.8) is 0 Å². The van der Waals surface area contributed by atoms with Gasteiger partial charge in [0.1, 0.15) is 5.58 Å². The fourth-order valence-electron chi connectivity index (χ4n) is 4.75. The largest absolute Gasteiger partial charge is 0.454 e. The van der Waals surface area contributed by atoms with E-state index < -0.39 is 0 Å². The average molecular weight is 494 g/mol. The Kier molecular flexibility index (Phi) is 4.88. The monoisotopic (exact) mass is 493 g/mol. The maximum atomic E-state index is 14.2. The molecular weight excluding hydrogens is 474 g/mol. The zero-order valence-electron chi connectivity index (χ0n) is 17.7. The maximum Gasteiger partial charge on any atom is 0.258 e. The predicted octanol–water partition coefficient (Wildman–Crippen LogP) is 7.81. The van der Waals surface area contributed by atoms with Gasteiger partial charge >= 0.3 is 0 Å². The number of nitrogens with zero attached hydrogens (tertiary/aromatic N) is 1. The summed E-state index contributed by atoms with van der Waals surface area (Å²) in [6.07, 6.45) is 0.695. The highest BCUT2D eigenvalue weighted by Gasteiger charge is 2.36. The Labute approximate surface area is 200 Å². The van der Waals surface area contributed by atoms with Gasteiger partial charge < -0.3 is 4.42 Å². The molecule has 1 atom stereocenters. The highest BCUT2D eigenvalue weighted by Crippen LogP contribution is 2.48. The number of hydrogen-bond donors (Lipinski definition) is 0. The molecule has 0 aliphatic carbocycles. The first-order valence-electron chi connectivity index (χ1n) is 10.9. The number of para-hydroxylation sites is 1. The van der Waals surface area contributed by atoms with E-state index in [2.05, 4.69) is 46.3 Å². The molecule has 5 aromatic rings. The van der Waals surface area contributed by atoms with Crippen molar-refractivity contribution < 1.29 is 9.21 Å². The average Bonchev–Trinajstić information content (AvgIpc) is 3.17. The van der Waals surface area contributed by atoms with E-state index in [4.69, 9.17) is 4.42 Å². The molecule has 0 saturated heterocycles. The predicted molar refractivity (Wildman–Crippen MR) is 135 cm³/mol. The lowest BCUT2D eigenvalue weighted by Crippen LogP contribution is -2.35. The Bertz CT molecular complexity index is 1470. The molecule has 0 radical (unpaired) electrons. The summed E-state index contributed by atoms with van der Waals surface area (Å²) in [6, 6.07) is 33.9. The maximum absolute atomic E-state index is 14.2. The second-order valence-corrected chi connectivity index (χ2v) is 9.16. The van der Waals surface area contributed by atoms with Crippen LogP contribution < -0.4 is 4.90 Å². The van der Waals surface area contributed by atoms with E-state index in [0.717, 1.165) is 43.6 Å². The quantitative estimate of drug-likeness (QED) is 0.251. The fraction of sp³-hybridized carbons (Fsp3) is 0.0690. The highest BCUT2D eigenvalue weighted by molar-refractivity contribution is 9.10. The number of hydrogen-bond acceptors (Lipinski definition) is 2. The number of anilines is 1. The van der Waals surface area contributed by atoms with Gasteiger partial charge in [-0.3, -0.25) is 9.69 Å². The lowest BCUT2D eigenvalue weighted by Gasteiger charge is -2.31. The minimum Gasteiger partial charge on any atom is -0.454 e. The van der Waals surface area contributed by atoms with Crippen LogP contribution in [-0.2, 0) is 6.42 Å². The van der Waals surface area contributed by atoms with Gasteiger partial charge in [-0.1, -0.05) is 82.7 Å². The first kappa shape index (κ1) is 20.0. The molecule has 0 spiro atoms. The van der Waals surface area contributed by atoms with Crippen molar-refractivity contribution in [1.82, 2.24) is 0 Å². The lowest BCUT2D eigenvalue weighted by molar-refractivity contribution is 0.0976. The van der Waals surface area contributed by atoms with Crippen molar-refractivity contribution in [3.05, 3.63) is 124 Å². The van der Waals surface area contributed by atoms with Crippen LogP contribution in [0.1, 0.15) is 27.5 Å². The summed E-state index contributed by atoms with van der Waals surface area (Å²) in [6.45, 7) is 0. The lowest BCUT2D eigenvalue weighted by atomic mass is 9.95. The number of carbonyl (C=O) groups is 1. The van der Waals surface area contributed by atoms with E-state index >= 15 is 0 Å². The summed E-state index contributed by atoms with van der Waals surface area (Å²) in [5.74, 6) is 0.702. The van der Waals surface area contributed by atoms with Gasteiger partial charge in [0.2, 0.25) is 0 Å².